The summed E-state index contributed by atoms with van der Waals surface area (Å²) in [6.45, 7) is 5.92. The number of carbonyl (C=O) groups is 1. The van der Waals surface area contributed by atoms with Crippen LogP contribution in [0.15, 0.2) is 63.2 Å². The molecule has 3 aromatic rings. The van der Waals surface area contributed by atoms with Gasteiger partial charge in [0.25, 0.3) is 5.91 Å². The van der Waals surface area contributed by atoms with Gasteiger partial charge in [0.1, 0.15) is 11.9 Å². The molecule has 0 radical (unpaired) electrons. The van der Waals surface area contributed by atoms with E-state index in [1.165, 1.54) is 32.9 Å². The lowest BCUT2D eigenvalue weighted by molar-refractivity contribution is 0.0813. The zero-order valence-corrected chi connectivity index (χ0v) is 19.7. The quantitative estimate of drug-likeness (QED) is 0.542. The average molecular weight is 474 g/mol. The van der Waals surface area contributed by atoms with Gasteiger partial charge in [0.15, 0.2) is 0 Å². The highest BCUT2D eigenvalue weighted by atomic mass is 32.2. The van der Waals surface area contributed by atoms with E-state index in [9.17, 15) is 17.6 Å². The van der Waals surface area contributed by atoms with Crippen LogP contribution >= 0.6 is 11.8 Å². The van der Waals surface area contributed by atoms with Gasteiger partial charge in [-0.15, -0.1) is 0 Å². The molecule has 2 heterocycles. The molecule has 0 amide bonds. The fourth-order valence-electron chi connectivity index (χ4n) is 3.87. The molecule has 0 N–H and O–H groups in total. The van der Waals surface area contributed by atoms with Crippen LogP contribution in [0.1, 0.15) is 34.6 Å². The van der Waals surface area contributed by atoms with Crippen molar-refractivity contribution in [1.29, 1.82) is 0 Å². The third-order valence-electron chi connectivity index (χ3n) is 5.58. The van der Waals surface area contributed by atoms with E-state index in [-0.39, 0.29) is 17.3 Å². The van der Waals surface area contributed by atoms with Crippen LogP contribution in [-0.4, -0.2) is 41.0 Å². The number of nitrogens with zero attached hydrogens (tertiary/aromatic N) is 3. The molecule has 0 bridgehead atoms. The average Bonchev–Trinajstić information content (AvgIpc) is 3.36. The van der Waals surface area contributed by atoms with Crippen LogP contribution in [0, 0.1) is 26.6 Å². The number of carbonyl (C=O) groups excluding carboxylic acids is 1. The molecule has 1 saturated heterocycles. The van der Waals surface area contributed by atoms with Gasteiger partial charge in [-0.2, -0.15) is 9.40 Å². The Labute approximate surface area is 191 Å². The van der Waals surface area contributed by atoms with Crippen LogP contribution in [0.4, 0.5) is 4.39 Å². The lowest BCUT2D eigenvalue weighted by Crippen LogP contribution is -2.43. The van der Waals surface area contributed by atoms with Crippen molar-refractivity contribution in [2.24, 2.45) is 0 Å². The van der Waals surface area contributed by atoms with Gasteiger partial charge >= 0.3 is 0 Å². The fourth-order valence-corrected chi connectivity index (χ4v) is 6.45. The third-order valence-corrected chi connectivity index (χ3v) is 8.81. The van der Waals surface area contributed by atoms with Crippen molar-refractivity contribution in [3.8, 4) is 0 Å². The van der Waals surface area contributed by atoms with Crippen LogP contribution in [-0.2, 0) is 10.0 Å². The van der Waals surface area contributed by atoms with Gasteiger partial charge in [-0.3, -0.25) is 4.79 Å². The molecule has 1 atom stereocenters. The molecule has 0 spiro atoms. The molecule has 0 unspecified atom stereocenters. The number of aryl methyl sites for hydroxylation is 2. The number of benzene rings is 2. The molecule has 2 aromatic carbocycles. The van der Waals surface area contributed by atoms with Gasteiger partial charge in [0.2, 0.25) is 10.0 Å². The first-order valence-corrected chi connectivity index (χ1v) is 12.6. The molecule has 0 saturated carbocycles. The maximum Gasteiger partial charge on any atom is 0.265 e. The van der Waals surface area contributed by atoms with E-state index >= 15 is 0 Å². The van der Waals surface area contributed by atoms with Crippen molar-refractivity contribution >= 4 is 27.7 Å². The molecule has 6 nitrogen and oxygen atoms in total. The van der Waals surface area contributed by atoms with Crippen LogP contribution < -0.4 is 0 Å². The molecular formula is C23H24FN3O3S2. The predicted molar refractivity (Wildman–Crippen MR) is 121 cm³/mol. The lowest BCUT2D eigenvalue weighted by Gasteiger charge is -2.23. The Morgan fingerprint density at radius 1 is 1.06 bits per heavy atom. The molecule has 9 heteroatoms. The summed E-state index contributed by atoms with van der Waals surface area (Å²) < 4.78 is 42.1. The Kier molecular flexibility index (Phi) is 6.24. The molecule has 1 aliphatic heterocycles. The number of aromatic nitrogens is 2. The highest BCUT2D eigenvalue weighted by molar-refractivity contribution is 7.99. The molecule has 4 rings (SSSR count). The largest absolute Gasteiger partial charge is 0.271 e. The van der Waals surface area contributed by atoms with Crippen molar-refractivity contribution in [2.45, 2.75) is 54.3 Å². The van der Waals surface area contributed by atoms with E-state index in [1.54, 1.807) is 0 Å². The van der Waals surface area contributed by atoms with Crippen molar-refractivity contribution in [3.05, 3.63) is 71.3 Å². The number of hydrogen-bond donors (Lipinski definition) is 0. The van der Waals surface area contributed by atoms with E-state index < -0.39 is 21.9 Å². The fraction of sp³-hybridized carbons (Fsp3) is 0.304. The first-order chi connectivity index (χ1) is 15.2. The molecule has 168 valence electrons. The molecule has 1 fully saturated rings. The first-order valence-electron chi connectivity index (χ1n) is 10.3. The standard InChI is InChI=1S/C23H24FN3O3S2/c1-15-6-10-19(11-7-15)31-22-16(2)25-27(17(22)3)23(28)21-5-4-14-26(21)32(29,30)20-12-8-18(24)9-13-20/h6-13,21H,4-5,14H2,1-3H3/t21-/m0/s1. The highest BCUT2D eigenvalue weighted by Gasteiger charge is 2.41. The van der Waals surface area contributed by atoms with Crippen LogP contribution in [0.25, 0.3) is 0 Å². The maximum atomic E-state index is 13.4. The van der Waals surface area contributed by atoms with Crippen molar-refractivity contribution in [1.82, 2.24) is 14.1 Å². The molecular weight excluding hydrogens is 449 g/mol. The van der Waals surface area contributed by atoms with Gasteiger partial charge in [0, 0.05) is 11.4 Å². The smallest absolute Gasteiger partial charge is 0.265 e. The summed E-state index contributed by atoms with van der Waals surface area (Å²) in [4.78, 5) is 15.3. The Balaban J connectivity index is 1.62. The van der Waals surface area contributed by atoms with Crippen molar-refractivity contribution in [3.63, 3.8) is 0 Å². The normalized spacial score (nSPS) is 17.1. The summed E-state index contributed by atoms with van der Waals surface area (Å²) >= 11 is 1.53. The van der Waals surface area contributed by atoms with E-state index in [1.807, 2.05) is 45.0 Å². The summed E-state index contributed by atoms with van der Waals surface area (Å²) in [6, 6.07) is 11.9. The van der Waals surface area contributed by atoms with Gasteiger partial charge in [-0.1, -0.05) is 29.5 Å². The minimum Gasteiger partial charge on any atom is -0.271 e. The van der Waals surface area contributed by atoms with Crippen molar-refractivity contribution in [2.75, 3.05) is 6.54 Å². The zero-order valence-electron chi connectivity index (χ0n) is 18.1. The topological polar surface area (TPSA) is 72.3 Å². The lowest BCUT2D eigenvalue weighted by atomic mass is 10.2. The number of rotatable bonds is 5. The zero-order chi connectivity index (χ0) is 23.0. The van der Waals surface area contributed by atoms with Gasteiger partial charge in [0.05, 0.1) is 21.2 Å². The Bertz CT molecular complexity index is 1250. The number of sulfonamides is 1. The third kappa shape index (κ3) is 4.24. The SMILES string of the molecule is Cc1ccc(Sc2c(C)nn(C(=O)[C@@H]3CCCN3S(=O)(=O)c3ccc(F)cc3)c2C)cc1. The van der Waals surface area contributed by atoms with Crippen molar-refractivity contribution < 1.29 is 17.6 Å². The molecule has 32 heavy (non-hydrogen) atoms. The maximum absolute atomic E-state index is 13.4. The summed E-state index contributed by atoms with van der Waals surface area (Å²) in [6.07, 6.45) is 0.985. The Hall–Kier alpha value is -2.49. The minimum atomic E-state index is -3.93. The molecule has 1 aromatic heterocycles. The second-order valence-electron chi connectivity index (χ2n) is 7.89. The van der Waals surface area contributed by atoms with E-state index in [4.69, 9.17) is 0 Å². The van der Waals surface area contributed by atoms with E-state index in [0.717, 1.165) is 27.5 Å². The molecule has 1 aliphatic rings. The second-order valence-corrected chi connectivity index (χ2v) is 10.9. The summed E-state index contributed by atoms with van der Waals surface area (Å²) in [7, 11) is -3.93. The highest BCUT2D eigenvalue weighted by Crippen LogP contribution is 2.34. The summed E-state index contributed by atoms with van der Waals surface area (Å²) in [5.74, 6) is -0.885. The van der Waals surface area contributed by atoms with Gasteiger partial charge in [-0.05, 0) is 70.0 Å². The summed E-state index contributed by atoms with van der Waals surface area (Å²) in [5, 5.41) is 4.44. The first kappa shape index (κ1) is 22.7. The van der Waals surface area contributed by atoms with E-state index in [0.29, 0.717) is 24.2 Å². The van der Waals surface area contributed by atoms with Gasteiger partial charge in [-0.25, -0.2) is 17.5 Å². The van der Waals surface area contributed by atoms with E-state index in [2.05, 4.69) is 5.10 Å². The molecule has 0 aliphatic carbocycles. The number of hydrogen-bond acceptors (Lipinski definition) is 5. The number of halogens is 1. The minimum absolute atomic E-state index is 0.0254. The van der Waals surface area contributed by atoms with Crippen LogP contribution in [0.5, 0.6) is 0 Å². The Morgan fingerprint density at radius 2 is 1.72 bits per heavy atom. The monoisotopic (exact) mass is 473 g/mol. The second kappa shape index (κ2) is 8.80. The summed E-state index contributed by atoms with van der Waals surface area (Å²) in [5.41, 5.74) is 2.56. The van der Waals surface area contributed by atoms with Crippen LogP contribution in [0.3, 0.4) is 0 Å². The van der Waals surface area contributed by atoms with Crippen LogP contribution in [0.2, 0.25) is 0 Å². The Morgan fingerprint density at radius 3 is 2.38 bits per heavy atom. The van der Waals surface area contributed by atoms with Gasteiger partial charge < -0.3 is 0 Å². The predicted octanol–water partition coefficient (Wildman–Crippen LogP) is 4.59.